The van der Waals surface area contributed by atoms with E-state index in [0.29, 0.717) is 0 Å². The van der Waals surface area contributed by atoms with Gasteiger partial charge in [0.2, 0.25) is 5.39 Å². The summed E-state index contributed by atoms with van der Waals surface area (Å²) in [5.41, 5.74) is -2.53. The summed E-state index contributed by atoms with van der Waals surface area (Å²) in [6.45, 7) is 0.268. The van der Waals surface area contributed by atoms with Crippen LogP contribution in [0.15, 0.2) is 11.5 Å². The normalized spacial score (nSPS) is 15.2. The molecule has 0 amide bonds. The van der Waals surface area contributed by atoms with E-state index >= 15 is 0 Å². The lowest BCUT2D eigenvalue weighted by molar-refractivity contribution is -0.419. The molecule has 0 fully saturated rings. The number of nitrogens with zero attached hydrogens (tertiary/aromatic N) is 2. The molecule has 0 spiro atoms. The summed E-state index contributed by atoms with van der Waals surface area (Å²) in [5, 5.41) is 17.1. The number of alkyl halides is 11. The standard InChI is InChI=1S/C10H5F11N2O3/c1-2-26-5(25)3(23-22)4(24)6(11,12)7(13,14)8(15,16)9(17,18)10(19,20)21/h2H2,1H3/p+1. The molecule has 0 saturated carbocycles. The highest BCUT2D eigenvalue weighted by Gasteiger charge is 2.88. The Hall–Kier alpha value is -2.34. The molecular formula is C10H6F11N2O3+. The molecule has 0 aromatic rings. The predicted molar refractivity (Wildman–Crippen MR) is 57.2 cm³/mol. The van der Waals surface area contributed by atoms with Gasteiger partial charge in [0, 0.05) is 0 Å². The molecule has 150 valence electrons. The molecule has 0 rings (SSSR count). The minimum atomic E-state index is -7.80. The van der Waals surface area contributed by atoms with Gasteiger partial charge in [-0.2, -0.15) is 48.3 Å². The molecular weight excluding hydrogens is 405 g/mol. The van der Waals surface area contributed by atoms with E-state index in [9.17, 15) is 53.1 Å². The monoisotopic (exact) mass is 411 g/mol. The molecule has 0 radical (unpaired) electrons. The number of rotatable bonds is 6. The molecule has 0 aromatic carbocycles. The van der Waals surface area contributed by atoms with Crippen LogP contribution in [-0.4, -0.2) is 47.5 Å². The summed E-state index contributed by atoms with van der Waals surface area (Å²) in [7, 11) is 0. The number of esters is 1. The van der Waals surface area contributed by atoms with Gasteiger partial charge in [-0.1, -0.05) is 0 Å². The maximum Gasteiger partial charge on any atom is 0.511 e. The first-order chi connectivity index (χ1) is 11.3. The summed E-state index contributed by atoms with van der Waals surface area (Å²) in [6, 6.07) is 0. The topological polar surface area (TPSA) is 74.7 Å². The van der Waals surface area contributed by atoms with Crippen LogP contribution in [0.3, 0.4) is 0 Å². The minimum Gasteiger partial charge on any atom is -0.500 e. The van der Waals surface area contributed by atoms with Crippen LogP contribution in [0.2, 0.25) is 0 Å². The quantitative estimate of drug-likeness (QED) is 0.233. The zero-order valence-electron chi connectivity index (χ0n) is 12.0. The summed E-state index contributed by atoms with van der Waals surface area (Å²) in [5.74, 6) is -35.8. The highest BCUT2D eigenvalue weighted by atomic mass is 19.4. The number of diazo groups is 1. The average molecular weight is 411 g/mol. The SMILES string of the molecule is CCOC(=O)/C([N+]#N)=C(\O)C(F)(F)C(F)(F)C(F)(F)C(F)(F)C(F)(F)F. The maximum absolute atomic E-state index is 13.4. The van der Waals surface area contributed by atoms with Gasteiger partial charge in [-0.25, -0.2) is 4.79 Å². The van der Waals surface area contributed by atoms with Crippen molar-refractivity contribution in [1.82, 2.24) is 0 Å². The van der Waals surface area contributed by atoms with Crippen molar-refractivity contribution in [2.24, 2.45) is 0 Å². The van der Waals surface area contributed by atoms with Crippen molar-refractivity contribution in [3.63, 3.8) is 0 Å². The predicted octanol–water partition coefficient (Wildman–Crippen LogP) is 4.28. The van der Waals surface area contributed by atoms with Crippen LogP contribution in [0.4, 0.5) is 48.3 Å². The number of halogens is 11. The Balaban J connectivity index is 6.51. The molecule has 26 heavy (non-hydrogen) atoms. The van der Waals surface area contributed by atoms with Gasteiger partial charge in [-0.15, -0.1) is 0 Å². The van der Waals surface area contributed by atoms with Crippen molar-refractivity contribution in [2.75, 3.05) is 6.61 Å². The smallest absolute Gasteiger partial charge is 0.500 e. The highest BCUT2D eigenvalue weighted by molar-refractivity contribution is 5.91. The van der Waals surface area contributed by atoms with E-state index in [1.165, 1.54) is 0 Å². The van der Waals surface area contributed by atoms with Crippen LogP contribution < -0.4 is 0 Å². The molecule has 0 bridgehead atoms. The van der Waals surface area contributed by atoms with Gasteiger partial charge in [-0.05, 0) is 6.92 Å². The van der Waals surface area contributed by atoms with Crippen molar-refractivity contribution >= 4 is 5.97 Å². The van der Waals surface area contributed by atoms with Crippen molar-refractivity contribution in [2.45, 2.75) is 36.8 Å². The van der Waals surface area contributed by atoms with Gasteiger partial charge in [0.25, 0.3) is 5.76 Å². The Labute approximate surface area is 135 Å². The van der Waals surface area contributed by atoms with Crippen LogP contribution in [-0.2, 0) is 9.53 Å². The van der Waals surface area contributed by atoms with E-state index in [1.807, 2.05) is 0 Å². The largest absolute Gasteiger partial charge is 0.511 e. The zero-order valence-corrected chi connectivity index (χ0v) is 12.0. The fourth-order valence-corrected chi connectivity index (χ4v) is 1.25. The second-order valence-electron chi connectivity index (χ2n) is 4.31. The molecule has 0 unspecified atom stereocenters. The lowest BCUT2D eigenvalue weighted by Crippen LogP contribution is -2.66. The summed E-state index contributed by atoms with van der Waals surface area (Å²) >= 11 is 0. The summed E-state index contributed by atoms with van der Waals surface area (Å²) in [6.07, 6.45) is -7.39. The maximum atomic E-state index is 13.4. The fourth-order valence-electron chi connectivity index (χ4n) is 1.25. The molecule has 0 aliphatic heterocycles. The number of carbonyl (C=O) groups excluding carboxylic acids is 1. The second-order valence-corrected chi connectivity index (χ2v) is 4.31. The first kappa shape index (κ1) is 23.7. The van der Waals surface area contributed by atoms with Crippen LogP contribution in [0.1, 0.15) is 6.92 Å². The molecule has 5 nitrogen and oxygen atoms in total. The van der Waals surface area contributed by atoms with Gasteiger partial charge in [0.05, 0.1) is 6.61 Å². The Morgan fingerprint density at radius 2 is 1.35 bits per heavy atom. The van der Waals surface area contributed by atoms with E-state index in [2.05, 4.69) is 4.74 Å². The summed E-state index contributed by atoms with van der Waals surface area (Å²) in [4.78, 5) is 12.6. The van der Waals surface area contributed by atoms with Crippen LogP contribution in [0.25, 0.3) is 4.98 Å². The number of aliphatic hydroxyl groups is 1. The molecule has 0 aromatic heterocycles. The lowest BCUT2D eigenvalue weighted by atomic mass is 9.96. The third kappa shape index (κ3) is 3.33. The molecule has 0 saturated heterocycles. The van der Waals surface area contributed by atoms with E-state index in [-0.39, 0.29) is 0 Å². The van der Waals surface area contributed by atoms with Crippen molar-refractivity contribution in [1.29, 1.82) is 5.39 Å². The van der Waals surface area contributed by atoms with Gasteiger partial charge in [0.1, 0.15) is 0 Å². The van der Waals surface area contributed by atoms with Crippen molar-refractivity contribution in [3.05, 3.63) is 16.4 Å². The van der Waals surface area contributed by atoms with Crippen LogP contribution >= 0.6 is 0 Å². The van der Waals surface area contributed by atoms with E-state index in [4.69, 9.17) is 10.5 Å². The van der Waals surface area contributed by atoms with E-state index in [1.54, 1.807) is 4.98 Å². The number of aliphatic hydroxyl groups excluding tert-OH is 1. The number of carbonyl (C=O) groups is 1. The first-order valence-corrected chi connectivity index (χ1v) is 5.88. The van der Waals surface area contributed by atoms with Crippen molar-refractivity contribution < 1.29 is 62.9 Å². The number of allylic oxidation sites excluding steroid dienone is 1. The van der Waals surface area contributed by atoms with Gasteiger partial charge >= 0.3 is 41.5 Å². The third-order valence-corrected chi connectivity index (χ3v) is 2.63. The second kappa shape index (κ2) is 6.76. The number of ether oxygens (including phenoxy) is 1. The van der Waals surface area contributed by atoms with Crippen LogP contribution in [0, 0.1) is 5.39 Å². The molecule has 16 heteroatoms. The Morgan fingerprint density at radius 3 is 1.65 bits per heavy atom. The fraction of sp³-hybridized carbons (Fsp3) is 0.700. The number of hydrogen-bond acceptors (Lipinski definition) is 4. The highest BCUT2D eigenvalue weighted by Crippen LogP contribution is 2.58. The molecule has 0 aliphatic carbocycles. The van der Waals surface area contributed by atoms with Gasteiger partial charge < -0.3 is 9.84 Å². The average Bonchev–Trinajstić information content (AvgIpc) is 2.46. The molecule has 0 aliphatic rings. The first-order valence-electron chi connectivity index (χ1n) is 5.88. The minimum absolute atomic E-state index is 0.713. The Kier molecular flexibility index (Phi) is 6.15. The van der Waals surface area contributed by atoms with Crippen molar-refractivity contribution in [3.8, 4) is 0 Å². The zero-order chi connectivity index (χ0) is 21.4. The third-order valence-electron chi connectivity index (χ3n) is 2.63. The molecule has 1 N–H and O–H groups in total. The van der Waals surface area contributed by atoms with Gasteiger partial charge in [0.15, 0.2) is 4.98 Å². The number of hydrogen-bond donors (Lipinski definition) is 1. The summed E-state index contributed by atoms with van der Waals surface area (Å²) < 4.78 is 144. The van der Waals surface area contributed by atoms with Gasteiger partial charge in [-0.3, -0.25) is 0 Å². The van der Waals surface area contributed by atoms with E-state index < -0.39 is 53.9 Å². The Morgan fingerprint density at radius 1 is 0.923 bits per heavy atom. The lowest BCUT2D eigenvalue weighted by Gasteiger charge is -2.36. The van der Waals surface area contributed by atoms with E-state index in [0.717, 1.165) is 6.92 Å². The Bertz CT molecular complexity index is 633. The molecule has 0 atom stereocenters. The molecule has 0 heterocycles. The van der Waals surface area contributed by atoms with Crippen LogP contribution in [0.5, 0.6) is 0 Å².